The highest BCUT2D eigenvalue weighted by Crippen LogP contribution is 2.36. The van der Waals surface area contributed by atoms with Crippen LogP contribution < -0.4 is 5.73 Å². The summed E-state index contributed by atoms with van der Waals surface area (Å²) in [6.07, 6.45) is 3.79. The average Bonchev–Trinajstić information content (AvgIpc) is 2.96. The Morgan fingerprint density at radius 2 is 1.36 bits per heavy atom. The summed E-state index contributed by atoms with van der Waals surface area (Å²) in [5.41, 5.74) is 10.5. The second-order valence-electron chi connectivity index (χ2n) is 11.8. The molecule has 3 aromatic carbocycles. The summed E-state index contributed by atoms with van der Waals surface area (Å²) in [5.74, 6) is 0.418. The van der Waals surface area contributed by atoms with Crippen molar-refractivity contribution in [2.24, 2.45) is 5.73 Å². The molecule has 3 aromatic rings. The maximum Gasteiger partial charge on any atom is 0.228 e. The highest BCUT2D eigenvalue weighted by Gasteiger charge is 2.39. The van der Waals surface area contributed by atoms with Crippen molar-refractivity contribution in [1.29, 1.82) is 0 Å². The molecular formula is C35H47N3O. The van der Waals surface area contributed by atoms with Gasteiger partial charge in [-0.2, -0.15) is 0 Å². The number of carbonyl (C=O) groups is 1. The molecule has 0 bridgehead atoms. The summed E-state index contributed by atoms with van der Waals surface area (Å²) in [6.45, 7) is 12.8. The Bertz CT molecular complexity index is 1140. The van der Waals surface area contributed by atoms with Gasteiger partial charge >= 0.3 is 0 Å². The Kier molecular flexibility index (Phi) is 9.99. The zero-order valence-corrected chi connectivity index (χ0v) is 24.4. The minimum atomic E-state index is -0.701. The van der Waals surface area contributed by atoms with Crippen molar-refractivity contribution in [1.82, 2.24) is 9.80 Å². The number of likely N-dealkylation sites (tertiary alicyclic amines) is 1. The second-order valence-corrected chi connectivity index (χ2v) is 11.8. The van der Waals surface area contributed by atoms with Gasteiger partial charge in [0.05, 0.1) is 5.41 Å². The fraction of sp³-hybridized carbons (Fsp3) is 0.457. The SMILES string of the molecule is CC(C)N(CCC(CCN1CCC(c2ccccc2)CC1)(C(N)=O)c1ccc(-c2ccccc2)cc1)C(C)C. The topological polar surface area (TPSA) is 49.6 Å². The van der Waals surface area contributed by atoms with Gasteiger partial charge in [-0.1, -0.05) is 84.9 Å². The van der Waals surface area contributed by atoms with Crippen molar-refractivity contribution in [3.63, 3.8) is 0 Å². The van der Waals surface area contributed by atoms with Gasteiger partial charge in [-0.15, -0.1) is 0 Å². The van der Waals surface area contributed by atoms with E-state index in [0.717, 1.165) is 63.0 Å². The Balaban J connectivity index is 1.54. The van der Waals surface area contributed by atoms with Crippen LogP contribution in [0.3, 0.4) is 0 Å². The predicted molar refractivity (Wildman–Crippen MR) is 164 cm³/mol. The van der Waals surface area contributed by atoms with E-state index in [1.807, 2.05) is 6.07 Å². The minimum Gasteiger partial charge on any atom is -0.369 e. The quantitative estimate of drug-likeness (QED) is 0.281. The summed E-state index contributed by atoms with van der Waals surface area (Å²) in [4.78, 5) is 18.4. The summed E-state index contributed by atoms with van der Waals surface area (Å²) >= 11 is 0. The first kappa shape index (κ1) is 29.0. The van der Waals surface area contributed by atoms with Gasteiger partial charge in [0.1, 0.15) is 0 Å². The van der Waals surface area contributed by atoms with Crippen LogP contribution in [0.5, 0.6) is 0 Å². The molecule has 1 heterocycles. The number of nitrogens with zero attached hydrogens (tertiary/aromatic N) is 2. The maximum atomic E-state index is 13.4. The molecule has 1 fully saturated rings. The summed E-state index contributed by atoms with van der Waals surface area (Å²) in [5, 5.41) is 0. The third-order valence-electron chi connectivity index (χ3n) is 8.85. The van der Waals surface area contributed by atoms with E-state index in [2.05, 4.69) is 116 Å². The zero-order chi connectivity index (χ0) is 27.8. The van der Waals surface area contributed by atoms with Crippen LogP contribution in [0.1, 0.15) is 70.4 Å². The van der Waals surface area contributed by atoms with Crippen molar-refractivity contribution >= 4 is 5.91 Å². The van der Waals surface area contributed by atoms with Crippen molar-refractivity contribution < 1.29 is 4.79 Å². The van der Waals surface area contributed by atoms with E-state index in [1.54, 1.807) is 0 Å². The number of nitrogens with two attached hydrogens (primary N) is 1. The Hall–Kier alpha value is -2.95. The lowest BCUT2D eigenvalue weighted by molar-refractivity contribution is -0.124. The van der Waals surface area contributed by atoms with Gasteiger partial charge in [0.15, 0.2) is 0 Å². The third kappa shape index (κ3) is 7.17. The molecule has 4 rings (SSSR count). The smallest absolute Gasteiger partial charge is 0.228 e. The highest BCUT2D eigenvalue weighted by molar-refractivity contribution is 5.87. The lowest BCUT2D eigenvalue weighted by Gasteiger charge is -2.39. The number of carbonyl (C=O) groups excluding carboxylic acids is 1. The van der Waals surface area contributed by atoms with Crippen molar-refractivity contribution in [3.05, 3.63) is 96.1 Å². The van der Waals surface area contributed by atoms with E-state index in [4.69, 9.17) is 5.73 Å². The maximum absolute atomic E-state index is 13.4. The molecule has 0 aromatic heterocycles. The monoisotopic (exact) mass is 525 g/mol. The van der Waals surface area contributed by atoms with Crippen LogP contribution in [0.25, 0.3) is 11.1 Å². The molecular weight excluding hydrogens is 478 g/mol. The fourth-order valence-electron chi connectivity index (χ4n) is 6.41. The van der Waals surface area contributed by atoms with E-state index in [0.29, 0.717) is 18.0 Å². The molecule has 208 valence electrons. The molecule has 1 aliphatic rings. The minimum absolute atomic E-state index is 0.207. The molecule has 0 aliphatic carbocycles. The van der Waals surface area contributed by atoms with Crippen molar-refractivity contribution in [3.8, 4) is 11.1 Å². The summed E-state index contributed by atoms with van der Waals surface area (Å²) in [7, 11) is 0. The highest BCUT2D eigenvalue weighted by atomic mass is 16.1. The standard InChI is InChI=1S/C35H47N3O/c1-27(2)38(28(3)4)26-22-35(34(36)39,33-17-15-31(16-18-33)29-11-7-5-8-12-29)21-25-37-23-19-32(20-24-37)30-13-9-6-10-14-30/h5-18,27-28,32H,19-26H2,1-4H3,(H2,36,39). The number of amides is 1. The van der Waals surface area contributed by atoms with Crippen LogP contribution in [0, 0.1) is 0 Å². The van der Waals surface area contributed by atoms with Gasteiger partial charge in [-0.3, -0.25) is 9.69 Å². The van der Waals surface area contributed by atoms with Crippen LogP contribution in [-0.2, 0) is 10.2 Å². The predicted octanol–water partition coefficient (Wildman–Crippen LogP) is 6.86. The van der Waals surface area contributed by atoms with Crippen LogP contribution in [0.2, 0.25) is 0 Å². The van der Waals surface area contributed by atoms with Crippen molar-refractivity contribution in [2.45, 2.75) is 76.8 Å². The van der Waals surface area contributed by atoms with E-state index in [9.17, 15) is 4.79 Å². The van der Waals surface area contributed by atoms with Crippen LogP contribution in [0.4, 0.5) is 0 Å². The largest absolute Gasteiger partial charge is 0.369 e. The Morgan fingerprint density at radius 1 is 0.821 bits per heavy atom. The molecule has 0 saturated carbocycles. The van der Waals surface area contributed by atoms with Crippen molar-refractivity contribution in [2.75, 3.05) is 26.2 Å². The normalized spacial score (nSPS) is 16.6. The van der Waals surface area contributed by atoms with Crippen LogP contribution >= 0.6 is 0 Å². The first-order valence-corrected chi connectivity index (χ1v) is 14.8. The molecule has 0 radical (unpaired) electrons. The number of hydrogen-bond donors (Lipinski definition) is 1. The molecule has 1 amide bonds. The van der Waals surface area contributed by atoms with E-state index in [-0.39, 0.29) is 5.91 Å². The van der Waals surface area contributed by atoms with E-state index < -0.39 is 5.41 Å². The van der Waals surface area contributed by atoms with E-state index in [1.165, 1.54) is 11.1 Å². The molecule has 1 aliphatic heterocycles. The first-order valence-electron chi connectivity index (χ1n) is 14.8. The number of hydrogen-bond acceptors (Lipinski definition) is 3. The molecule has 39 heavy (non-hydrogen) atoms. The number of rotatable bonds is 12. The fourth-order valence-corrected chi connectivity index (χ4v) is 6.41. The Morgan fingerprint density at radius 3 is 1.90 bits per heavy atom. The van der Waals surface area contributed by atoms with Gasteiger partial charge in [0.25, 0.3) is 0 Å². The van der Waals surface area contributed by atoms with Gasteiger partial charge < -0.3 is 10.6 Å². The number of piperidine rings is 1. The molecule has 1 saturated heterocycles. The Labute approximate surface area is 236 Å². The molecule has 4 heteroatoms. The molecule has 1 atom stereocenters. The lowest BCUT2D eigenvalue weighted by Crippen LogP contribution is -2.48. The second kappa shape index (κ2) is 13.4. The number of benzene rings is 3. The molecule has 2 N–H and O–H groups in total. The lowest BCUT2D eigenvalue weighted by atomic mass is 9.73. The first-order chi connectivity index (χ1) is 18.8. The van der Waals surface area contributed by atoms with Gasteiger partial charge in [-0.05, 0) is 101 Å². The third-order valence-corrected chi connectivity index (χ3v) is 8.85. The average molecular weight is 526 g/mol. The summed E-state index contributed by atoms with van der Waals surface area (Å²) in [6, 6.07) is 30.7. The summed E-state index contributed by atoms with van der Waals surface area (Å²) < 4.78 is 0. The zero-order valence-electron chi connectivity index (χ0n) is 24.4. The molecule has 4 nitrogen and oxygen atoms in total. The van der Waals surface area contributed by atoms with Crippen LogP contribution in [0.15, 0.2) is 84.9 Å². The van der Waals surface area contributed by atoms with E-state index >= 15 is 0 Å². The molecule has 0 spiro atoms. The number of primary amides is 1. The van der Waals surface area contributed by atoms with Gasteiger partial charge in [0.2, 0.25) is 5.91 Å². The van der Waals surface area contributed by atoms with Gasteiger partial charge in [-0.25, -0.2) is 0 Å². The van der Waals surface area contributed by atoms with Gasteiger partial charge in [0, 0.05) is 18.6 Å². The molecule has 1 unspecified atom stereocenters. The van der Waals surface area contributed by atoms with Crippen LogP contribution in [-0.4, -0.2) is 54.0 Å².